The number of carbonyl (C=O) groups is 3. The summed E-state index contributed by atoms with van der Waals surface area (Å²) in [6, 6.07) is 3.00. The van der Waals surface area contributed by atoms with Crippen LogP contribution in [0.3, 0.4) is 0 Å². The van der Waals surface area contributed by atoms with Crippen molar-refractivity contribution in [2.24, 2.45) is 5.16 Å². The largest absolute Gasteiger partial charge is 1.00 e. The summed E-state index contributed by atoms with van der Waals surface area (Å²) in [7, 11) is 0. The van der Waals surface area contributed by atoms with E-state index in [4.69, 9.17) is 15.0 Å². The summed E-state index contributed by atoms with van der Waals surface area (Å²) >= 11 is 3.43. The smallest absolute Gasteiger partial charge is 0.543 e. The van der Waals surface area contributed by atoms with Crippen LogP contribution in [-0.2, 0) is 19.2 Å². The van der Waals surface area contributed by atoms with Crippen LogP contribution in [0.25, 0.3) is 11.5 Å². The van der Waals surface area contributed by atoms with Gasteiger partial charge in [0.2, 0.25) is 5.89 Å². The molecule has 0 unspecified atom stereocenters. The number of thiazole rings is 1. The Kier molecular flexibility index (Phi) is 10.1. The maximum Gasteiger partial charge on any atom is 1.00 e. The predicted octanol–water partition coefficient (Wildman–Crippen LogP) is -2.87. The number of benzene rings is 1. The van der Waals surface area contributed by atoms with E-state index in [9.17, 15) is 29.7 Å². The number of carboxylic acid groups (broad SMARTS) is 1. The summed E-state index contributed by atoms with van der Waals surface area (Å²) in [5.41, 5.74) is 6.17. The van der Waals surface area contributed by atoms with Crippen LogP contribution in [0.5, 0.6) is 11.5 Å². The maximum absolute atomic E-state index is 13.0. The van der Waals surface area contributed by atoms with E-state index in [1.165, 1.54) is 35.3 Å². The molecule has 0 spiro atoms. The van der Waals surface area contributed by atoms with Crippen molar-refractivity contribution < 1.29 is 68.5 Å². The number of hydrogen-bond donors (Lipinski definition) is 4. The Morgan fingerprint density at radius 2 is 2.12 bits per heavy atom. The third kappa shape index (κ3) is 6.37. The molecule has 2 amide bonds. The van der Waals surface area contributed by atoms with Crippen LogP contribution in [0.15, 0.2) is 49.6 Å². The van der Waals surface area contributed by atoms with E-state index in [1.807, 2.05) is 0 Å². The third-order valence-corrected chi connectivity index (χ3v) is 8.71. The van der Waals surface area contributed by atoms with Crippen LogP contribution >= 0.6 is 34.9 Å². The number of rotatable bonds is 10. The molecule has 2 aliphatic rings. The number of anilines is 1. The fourth-order valence-electron chi connectivity index (χ4n) is 3.91. The summed E-state index contributed by atoms with van der Waals surface area (Å²) in [5, 5.41) is 46.7. The van der Waals surface area contributed by atoms with Crippen molar-refractivity contribution in [3.63, 3.8) is 0 Å². The van der Waals surface area contributed by atoms with E-state index in [0.717, 1.165) is 28.0 Å². The number of nitrogens with one attached hydrogen (secondary N) is 1. The van der Waals surface area contributed by atoms with Gasteiger partial charge in [0.1, 0.15) is 23.7 Å². The molecule has 1 aromatic carbocycles. The Morgan fingerprint density at radius 3 is 2.79 bits per heavy atom. The molecule has 2 aromatic heterocycles. The number of nitrogens with two attached hydrogens (primary N) is 1. The van der Waals surface area contributed by atoms with Crippen LogP contribution in [0.4, 0.5) is 5.13 Å². The third-order valence-electron chi connectivity index (χ3n) is 5.79. The molecule has 0 radical (unpaired) electrons. The fraction of sp³-hybridized carbons (Fsp3) is 0.261. The molecule has 0 saturated carbocycles. The molecule has 3 aromatic rings. The molecule has 0 bridgehead atoms. The van der Waals surface area contributed by atoms with Gasteiger partial charge >= 0.3 is 29.6 Å². The fourth-order valence-corrected chi connectivity index (χ4v) is 6.71. The average molecular weight is 642 g/mol. The first-order chi connectivity index (χ1) is 19.7. The Balaban J connectivity index is 0.00000405. The quantitative estimate of drug-likeness (QED) is 0.0436. The SMILES string of the molecule is CCO/N=C(/C(=O)N[C@@H]1C(=O)N2C(C(=O)[O-])=C(CSc3nnc(-c4ccc(O)c(O)c4)o3)CS[C@H]12)c1csc(N)n1.[Na+]. The number of aromatic nitrogens is 3. The summed E-state index contributed by atoms with van der Waals surface area (Å²) in [4.78, 5) is 48.3. The maximum atomic E-state index is 13.0. The number of nitrogen functional groups attached to an aromatic ring is 1. The molecule has 0 aliphatic carbocycles. The topological polar surface area (TPSA) is 229 Å². The molecule has 15 nitrogen and oxygen atoms in total. The number of amides is 2. The predicted molar refractivity (Wildman–Crippen MR) is 146 cm³/mol. The van der Waals surface area contributed by atoms with Gasteiger partial charge in [-0.3, -0.25) is 14.5 Å². The van der Waals surface area contributed by atoms with Crippen molar-refractivity contribution in [1.29, 1.82) is 0 Å². The number of aliphatic carboxylic acids is 1. The standard InChI is InChI=1S/C23H21N7O8S3.Na/c1-2-37-29-14(11-8-40-22(24)25-11)17(33)26-15-19(34)30-16(21(35)36)10(6-39-20(15)30)7-41-23-28-27-18(38-23)9-3-4-12(31)13(32)5-9;/h3-5,8,15,20,31-32H,2,6-7H2,1H3,(H2,24,25)(H,26,33)(H,35,36);/q;+1/p-1/b29-14+;/t15-,20-;/m1./s1. The average Bonchev–Trinajstić information content (AvgIpc) is 3.60. The van der Waals surface area contributed by atoms with Crippen molar-refractivity contribution in [2.45, 2.75) is 23.6 Å². The summed E-state index contributed by atoms with van der Waals surface area (Å²) in [6.07, 6.45) is 0. The van der Waals surface area contributed by atoms with Crippen LogP contribution in [0, 0.1) is 0 Å². The second-order valence-electron chi connectivity index (χ2n) is 8.39. The van der Waals surface area contributed by atoms with Gasteiger partial charge in [-0.2, -0.15) is 0 Å². The van der Waals surface area contributed by atoms with E-state index in [2.05, 4.69) is 25.7 Å². The molecule has 42 heavy (non-hydrogen) atoms. The molecule has 5 N–H and O–H groups in total. The van der Waals surface area contributed by atoms with Crippen molar-refractivity contribution >= 4 is 63.5 Å². The molecular weight excluding hydrogens is 621 g/mol. The molecule has 1 saturated heterocycles. The van der Waals surface area contributed by atoms with E-state index < -0.39 is 29.2 Å². The number of fused-ring (bicyclic) bond motifs is 1. The second kappa shape index (κ2) is 13.3. The van der Waals surface area contributed by atoms with E-state index >= 15 is 0 Å². The van der Waals surface area contributed by atoms with Gasteiger partial charge in [-0.25, -0.2) is 4.98 Å². The number of thioether (sulfide) groups is 2. The van der Waals surface area contributed by atoms with Gasteiger partial charge in [-0.15, -0.1) is 33.3 Å². The molecule has 19 heteroatoms. The van der Waals surface area contributed by atoms with Gasteiger partial charge in [0.15, 0.2) is 22.3 Å². The number of hydrogen-bond acceptors (Lipinski definition) is 16. The van der Waals surface area contributed by atoms with Gasteiger partial charge in [0.25, 0.3) is 17.0 Å². The number of oxime groups is 1. The number of phenolic OH excluding ortho intramolecular Hbond substituents is 2. The number of carbonyl (C=O) groups excluding carboxylic acids is 3. The van der Waals surface area contributed by atoms with Gasteiger partial charge in [-0.1, -0.05) is 16.9 Å². The second-order valence-corrected chi connectivity index (χ2v) is 11.3. The van der Waals surface area contributed by atoms with Gasteiger partial charge in [-0.05, 0) is 30.7 Å². The molecular formula is C23H20N7NaO8S3. The van der Waals surface area contributed by atoms with Crippen LogP contribution in [-0.4, -0.2) is 83.3 Å². The minimum absolute atomic E-state index is 0. The van der Waals surface area contributed by atoms with Crippen molar-refractivity contribution in [3.8, 4) is 23.0 Å². The zero-order chi connectivity index (χ0) is 29.3. The number of phenols is 2. The number of β-lactam (4-membered cyclic amide) rings is 1. The van der Waals surface area contributed by atoms with E-state index in [1.54, 1.807) is 6.92 Å². The molecule has 214 valence electrons. The number of nitrogens with zero attached hydrogens (tertiary/aromatic N) is 5. The molecule has 2 atom stereocenters. The van der Waals surface area contributed by atoms with E-state index in [0.29, 0.717) is 11.1 Å². The Bertz CT molecular complexity index is 1590. The zero-order valence-electron chi connectivity index (χ0n) is 22.0. The normalized spacial score (nSPS) is 18.2. The minimum Gasteiger partial charge on any atom is -0.543 e. The van der Waals surface area contributed by atoms with Crippen LogP contribution in [0.2, 0.25) is 0 Å². The summed E-state index contributed by atoms with van der Waals surface area (Å²) < 4.78 is 5.58. The first kappa shape index (κ1) is 31.6. The van der Waals surface area contributed by atoms with Crippen LogP contribution in [0.1, 0.15) is 12.6 Å². The Labute approximate surface area is 271 Å². The summed E-state index contributed by atoms with van der Waals surface area (Å²) in [5.74, 6) is -3.13. The summed E-state index contributed by atoms with van der Waals surface area (Å²) in [6.45, 7) is 1.87. The molecule has 1 fully saturated rings. The molecule has 5 rings (SSSR count). The van der Waals surface area contributed by atoms with Gasteiger partial charge < -0.3 is 40.4 Å². The Hall–Kier alpha value is -3.29. The first-order valence-electron chi connectivity index (χ1n) is 11.8. The first-order valence-corrected chi connectivity index (χ1v) is 14.7. The number of aromatic hydroxyl groups is 2. The van der Waals surface area contributed by atoms with Crippen molar-refractivity contribution in [3.05, 3.63) is 40.5 Å². The minimum atomic E-state index is -1.54. The monoisotopic (exact) mass is 641 g/mol. The van der Waals surface area contributed by atoms with E-state index in [-0.39, 0.29) is 92.5 Å². The van der Waals surface area contributed by atoms with Crippen LogP contribution < -0.4 is 45.7 Å². The molecule has 4 heterocycles. The van der Waals surface area contributed by atoms with Gasteiger partial charge in [0, 0.05) is 22.4 Å². The number of carboxylic acids is 1. The Morgan fingerprint density at radius 1 is 1.33 bits per heavy atom. The van der Waals surface area contributed by atoms with Gasteiger partial charge in [0.05, 0.1) is 11.7 Å². The molecule has 2 aliphatic heterocycles. The van der Waals surface area contributed by atoms with Crippen molar-refractivity contribution in [1.82, 2.24) is 25.4 Å². The van der Waals surface area contributed by atoms with Crippen molar-refractivity contribution in [2.75, 3.05) is 23.8 Å². The zero-order valence-corrected chi connectivity index (χ0v) is 26.4.